The molecule has 1 N–H and O–H groups in total. The number of rotatable bonds is 5. The second-order valence-electron chi connectivity index (χ2n) is 6.93. The normalized spacial score (nSPS) is 11.2. The van der Waals surface area contributed by atoms with Crippen LogP contribution in [0.4, 0.5) is 5.69 Å². The van der Waals surface area contributed by atoms with Gasteiger partial charge in [0.25, 0.3) is 0 Å². The van der Waals surface area contributed by atoms with Gasteiger partial charge in [-0.25, -0.2) is 0 Å². The fourth-order valence-electron chi connectivity index (χ4n) is 3.08. The van der Waals surface area contributed by atoms with Crippen LogP contribution in [0.3, 0.4) is 0 Å². The van der Waals surface area contributed by atoms with Gasteiger partial charge >= 0.3 is 0 Å². The molecule has 25 heavy (non-hydrogen) atoms. The highest BCUT2D eigenvalue weighted by Crippen LogP contribution is 2.26. The summed E-state index contributed by atoms with van der Waals surface area (Å²) in [5, 5.41) is 1.27. The Kier molecular flexibility index (Phi) is 4.95. The van der Waals surface area contributed by atoms with Crippen molar-refractivity contribution in [2.45, 2.75) is 26.9 Å². The Labute approximate surface area is 151 Å². The van der Waals surface area contributed by atoms with Gasteiger partial charge < -0.3 is 9.72 Å². The van der Waals surface area contributed by atoms with Gasteiger partial charge in [-0.3, -0.25) is 0 Å². The van der Waals surface area contributed by atoms with E-state index in [9.17, 15) is 0 Å². The molecule has 0 bridgehead atoms. The van der Waals surface area contributed by atoms with Crippen LogP contribution in [-0.2, 0) is 0 Å². The lowest BCUT2D eigenvalue weighted by atomic mass is 10.1. The van der Waals surface area contributed by atoms with Crippen LogP contribution in [0.15, 0.2) is 72.8 Å². The molecule has 3 rings (SSSR count). The molecule has 0 amide bonds. The standard InChI is InChI=1S/C22H25NOSi/c1-17-11-10-12-18(2)22(17)23-25(3,4)21-16-9-8-15-20(21)24-19-13-6-5-7-14-19/h5-16,23H,1-4H3. The molecule has 0 unspecified atom stereocenters. The molecule has 0 heterocycles. The second kappa shape index (κ2) is 7.15. The van der Waals surface area contributed by atoms with Crippen molar-refractivity contribution in [2.24, 2.45) is 0 Å². The number of nitrogens with one attached hydrogen (secondary N) is 1. The summed E-state index contributed by atoms with van der Waals surface area (Å²) >= 11 is 0. The Hall–Kier alpha value is -2.52. The molecule has 0 saturated carbocycles. The molecule has 0 atom stereocenters. The molecule has 3 heteroatoms. The van der Waals surface area contributed by atoms with Gasteiger partial charge in [-0.05, 0) is 56.3 Å². The molecule has 0 radical (unpaired) electrons. The van der Waals surface area contributed by atoms with Crippen LogP contribution < -0.4 is 14.9 Å². The lowest BCUT2D eigenvalue weighted by molar-refractivity contribution is 0.486. The fourth-order valence-corrected chi connectivity index (χ4v) is 5.50. The van der Waals surface area contributed by atoms with Crippen molar-refractivity contribution in [3.63, 3.8) is 0 Å². The van der Waals surface area contributed by atoms with Crippen molar-refractivity contribution in [2.75, 3.05) is 4.98 Å². The highest BCUT2D eigenvalue weighted by molar-refractivity contribution is 6.93. The van der Waals surface area contributed by atoms with E-state index >= 15 is 0 Å². The quantitative estimate of drug-likeness (QED) is 0.605. The first-order chi connectivity index (χ1) is 12.0. The predicted octanol–water partition coefficient (Wildman–Crippen LogP) is 5.62. The van der Waals surface area contributed by atoms with Gasteiger partial charge in [0, 0.05) is 10.9 Å². The molecule has 0 aromatic heterocycles. The van der Waals surface area contributed by atoms with Crippen molar-refractivity contribution >= 4 is 19.1 Å². The zero-order valence-electron chi connectivity index (χ0n) is 15.3. The minimum absolute atomic E-state index is 0.867. The molecule has 0 aliphatic rings. The van der Waals surface area contributed by atoms with Gasteiger partial charge in [0.1, 0.15) is 11.5 Å². The number of aryl methyl sites for hydroxylation is 2. The van der Waals surface area contributed by atoms with Gasteiger partial charge in [-0.15, -0.1) is 0 Å². The first-order valence-corrected chi connectivity index (χ1v) is 11.6. The van der Waals surface area contributed by atoms with E-state index < -0.39 is 8.24 Å². The van der Waals surface area contributed by atoms with Crippen LogP contribution in [-0.4, -0.2) is 8.24 Å². The van der Waals surface area contributed by atoms with Crippen molar-refractivity contribution in [1.82, 2.24) is 0 Å². The molecule has 0 aliphatic carbocycles. The average Bonchev–Trinajstić information content (AvgIpc) is 2.60. The van der Waals surface area contributed by atoms with Crippen molar-refractivity contribution in [1.29, 1.82) is 0 Å². The molecule has 3 aromatic carbocycles. The number of anilines is 1. The molecule has 0 spiro atoms. The summed E-state index contributed by atoms with van der Waals surface area (Å²) in [6.07, 6.45) is 0. The molecular formula is C22H25NOSi. The highest BCUT2D eigenvalue weighted by atomic mass is 28.3. The van der Waals surface area contributed by atoms with Crippen LogP contribution in [0.25, 0.3) is 0 Å². The first kappa shape index (κ1) is 17.3. The third kappa shape index (κ3) is 3.94. The third-order valence-corrected chi connectivity index (χ3v) is 7.08. The van der Waals surface area contributed by atoms with E-state index in [1.807, 2.05) is 36.4 Å². The molecule has 0 saturated heterocycles. The topological polar surface area (TPSA) is 21.3 Å². The average molecular weight is 348 g/mol. The summed E-state index contributed by atoms with van der Waals surface area (Å²) < 4.78 is 6.19. The lowest BCUT2D eigenvalue weighted by Gasteiger charge is -2.29. The smallest absolute Gasteiger partial charge is 0.183 e. The number of para-hydroxylation sites is 3. The number of hydrogen-bond donors (Lipinski definition) is 1. The maximum Gasteiger partial charge on any atom is 0.183 e. The zero-order chi connectivity index (χ0) is 17.9. The minimum atomic E-state index is -1.96. The van der Waals surface area contributed by atoms with Crippen LogP contribution >= 0.6 is 0 Å². The van der Waals surface area contributed by atoms with Crippen LogP contribution in [0, 0.1) is 13.8 Å². The Balaban J connectivity index is 1.95. The molecule has 0 fully saturated rings. The van der Waals surface area contributed by atoms with Crippen molar-refractivity contribution in [3.05, 3.63) is 83.9 Å². The van der Waals surface area contributed by atoms with Crippen LogP contribution in [0.1, 0.15) is 11.1 Å². The number of hydrogen-bond acceptors (Lipinski definition) is 2. The Morgan fingerprint density at radius 1 is 0.720 bits per heavy atom. The maximum absolute atomic E-state index is 6.19. The zero-order valence-corrected chi connectivity index (χ0v) is 16.3. The van der Waals surface area contributed by atoms with E-state index in [-0.39, 0.29) is 0 Å². The molecule has 0 aliphatic heterocycles. The summed E-state index contributed by atoms with van der Waals surface area (Å²) in [6, 6.07) is 24.8. The summed E-state index contributed by atoms with van der Waals surface area (Å²) in [5.41, 5.74) is 3.80. The fraction of sp³-hybridized carbons (Fsp3) is 0.182. The number of ether oxygens (including phenoxy) is 1. The Morgan fingerprint density at radius 2 is 1.32 bits per heavy atom. The SMILES string of the molecule is Cc1cccc(C)c1N[Si](C)(C)c1ccccc1Oc1ccccc1. The number of benzene rings is 3. The van der Waals surface area contributed by atoms with Crippen molar-refractivity contribution < 1.29 is 4.74 Å². The van der Waals surface area contributed by atoms with Gasteiger partial charge in [-0.2, -0.15) is 0 Å². The van der Waals surface area contributed by atoms with Crippen LogP contribution in [0.5, 0.6) is 11.5 Å². The van der Waals surface area contributed by atoms with E-state index in [2.05, 4.69) is 68.3 Å². The summed E-state index contributed by atoms with van der Waals surface area (Å²) in [5.74, 6) is 1.80. The maximum atomic E-state index is 6.19. The Bertz CT molecular complexity index is 839. The van der Waals surface area contributed by atoms with Gasteiger partial charge in [0.2, 0.25) is 0 Å². The predicted molar refractivity (Wildman–Crippen MR) is 110 cm³/mol. The van der Waals surface area contributed by atoms with Gasteiger partial charge in [0.05, 0.1) is 0 Å². The largest absolute Gasteiger partial charge is 0.457 e. The van der Waals surface area contributed by atoms with E-state index in [1.165, 1.54) is 22.0 Å². The van der Waals surface area contributed by atoms with Crippen LogP contribution in [0.2, 0.25) is 13.1 Å². The highest BCUT2D eigenvalue weighted by Gasteiger charge is 2.28. The monoisotopic (exact) mass is 347 g/mol. The van der Waals surface area contributed by atoms with E-state index in [1.54, 1.807) is 0 Å². The molecule has 3 aromatic rings. The van der Waals surface area contributed by atoms with Gasteiger partial charge in [0.15, 0.2) is 8.24 Å². The second-order valence-corrected chi connectivity index (χ2v) is 11.0. The van der Waals surface area contributed by atoms with E-state index in [0.29, 0.717) is 0 Å². The van der Waals surface area contributed by atoms with E-state index in [0.717, 1.165) is 11.5 Å². The summed E-state index contributed by atoms with van der Waals surface area (Å²) in [7, 11) is -1.96. The Morgan fingerprint density at radius 3 is 2.00 bits per heavy atom. The molecule has 128 valence electrons. The van der Waals surface area contributed by atoms with E-state index in [4.69, 9.17) is 4.74 Å². The summed E-state index contributed by atoms with van der Waals surface area (Å²) in [6.45, 7) is 8.97. The third-order valence-electron chi connectivity index (χ3n) is 4.45. The van der Waals surface area contributed by atoms with Gasteiger partial charge in [-0.1, -0.05) is 54.6 Å². The lowest BCUT2D eigenvalue weighted by Crippen LogP contribution is -2.50. The summed E-state index contributed by atoms with van der Waals surface area (Å²) in [4.78, 5) is 3.86. The molecular weight excluding hydrogens is 322 g/mol. The molecule has 2 nitrogen and oxygen atoms in total. The van der Waals surface area contributed by atoms with Crippen molar-refractivity contribution in [3.8, 4) is 11.5 Å². The minimum Gasteiger partial charge on any atom is -0.457 e. The first-order valence-electron chi connectivity index (χ1n) is 8.64.